The molecule has 0 saturated heterocycles. The highest BCUT2D eigenvalue weighted by Gasteiger charge is 2.32. The number of halogens is 1. The van der Waals surface area contributed by atoms with Gasteiger partial charge in [-0.05, 0) is 49.2 Å². The molecule has 1 unspecified atom stereocenters. The maximum absolute atomic E-state index is 14.1. The lowest BCUT2D eigenvalue weighted by Gasteiger charge is -2.33. The maximum Gasteiger partial charge on any atom is 0.240 e. The lowest BCUT2D eigenvalue weighted by Crippen LogP contribution is -2.39. The molecule has 1 atom stereocenters. The van der Waals surface area contributed by atoms with Gasteiger partial charge < -0.3 is 4.90 Å². The summed E-state index contributed by atoms with van der Waals surface area (Å²) in [6.45, 7) is 4.08. The van der Waals surface area contributed by atoms with E-state index < -0.39 is 0 Å². The second-order valence-electron chi connectivity index (χ2n) is 5.53. The molecule has 3 nitrogen and oxygen atoms in total. The van der Waals surface area contributed by atoms with Crippen LogP contribution in [0.4, 0.5) is 10.1 Å². The van der Waals surface area contributed by atoms with Crippen molar-refractivity contribution in [1.82, 2.24) is 0 Å². The van der Waals surface area contributed by atoms with E-state index in [0.29, 0.717) is 22.7 Å². The molecule has 1 aliphatic rings. The summed E-state index contributed by atoms with van der Waals surface area (Å²) in [5, 5.41) is 8.63. The number of benzene rings is 2. The largest absolute Gasteiger partial charge is 0.306 e. The second-order valence-corrected chi connectivity index (χ2v) is 6.88. The maximum atomic E-state index is 14.1. The van der Waals surface area contributed by atoms with E-state index in [9.17, 15) is 9.18 Å². The minimum absolute atomic E-state index is 0.0307. The Hall–Kier alpha value is -2.32. The third kappa shape index (κ3) is 2.82. The first-order valence-corrected chi connectivity index (χ1v) is 8.15. The van der Waals surface area contributed by atoms with E-state index in [4.69, 9.17) is 5.26 Å². The van der Waals surface area contributed by atoms with Crippen molar-refractivity contribution in [3.63, 3.8) is 0 Å². The van der Waals surface area contributed by atoms with E-state index in [2.05, 4.69) is 6.07 Å². The summed E-state index contributed by atoms with van der Waals surface area (Å²) in [7, 11) is 0. The van der Waals surface area contributed by atoms with Gasteiger partial charge in [0.25, 0.3) is 0 Å². The molecular weight excluding hydrogens is 311 g/mol. The summed E-state index contributed by atoms with van der Waals surface area (Å²) >= 11 is 1.26. The molecule has 3 rings (SSSR count). The van der Waals surface area contributed by atoms with Crippen molar-refractivity contribution in [1.29, 1.82) is 5.26 Å². The number of thioether (sulfide) groups is 1. The average molecular weight is 326 g/mol. The molecule has 0 saturated carbocycles. The normalized spacial score (nSPS) is 16.9. The highest BCUT2D eigenvalue weighted by molar-refractivity contribution is 8.01. The third-order valence-corrected chi connectivity index (χ3v) is 5.14. The Balaban J connectivity index is 2.01. The minimum Gasteiger partial charge on any atom is -0.306 e. The SMILES string of the molecule is Cc1cc(C#N)ccc1CN1C(=O)C(C)Sc2c(F)cccc21. The number of hydrogen-bond acceptors (Lipinski definition) is 3. The number of carbonyl (C=O) groups is 1. The van der Waals surface area contributed by atoms with Gasteiger partial charge in [0.2, 0.25) is 5.91 Å². The van der Waals surface area contributed by atoms with Crippen LogP contribution in [0.2, 0.25) is 0 Å². The number of fused-ring (bicyclic) bond motifs is 1. The molecule has 1 heterocycles. The second kappa shape index (κ2) is 6.05. The van der Waals surface area contributed by atoms with Crippen LogP contribution in [-0.2, 0) is 11.3 Å². The summed E-state index contributed by atoms with van der Waals surface area (Å²) in [5.41, 5.74) is 3.10. The summed E-state index contributed by atoms with van der Waals surface area (Å²) in [6.07, 6.45) is 0. The van der Waals surface area contributed by atoms with Crippen molar-refractivity contribution >= 4 is 23.4 Å². The van der Waals surface area contributed by atoms with Gasteiger partial charge >= 0.3 is 0 Å². The van der Waals surface area contributed by atoms with Crippen LogP contribution in [0.15, 0.2) is 41.3 Å². The number of anilines is 1. The van der Waals surface area contributed by atoms with Crippen LogP contribution >= 0.6 is 11.8 Å². The van der Waals surface area contributed by atoms with E-state index in [-0.39, 0.29) is 17.0 Å². The van der Waals surface area contributed by atoms with Gasteiger partial charge in [0.1, 0.15) is 5.82 Å². The molecule has 5 heteroatoms. The highest BCUT2D eigenvalue weighted by Crippen LogP contribution is 2.41. The molecule has 116 valence electrons. The van der Waals surface area contributed by atoms with Gasteiger partial charge in [-0.1, -0.05) is 12.1 Å². The Morgan fingerprint density at radius 1 is 1.35 bits per heavy atom. The molecule has 2 aromatic carbocycles. The molecule has 1 aliphatic heterocycles. The van der Waals surface area contributed by atoms with Gasteiger partial charge in [-0.25, -0.2) is 4.39 Å². The number of amides is 1. The van der Waals surface area contributed by atoms with Gasteiger partial charge in [-0.2, -0.15) is 5.26 Å². The van der Waals surface area contributed by atoms with E-state index in [1.54, 1.807) is 36.1 Å². The van der Waals surface area contributed by atoms with Crippen molar-refractivity contribution in [3.05, 3.63) is 58.9 Å². The van der Waals surface area contributed by atoms with E-state index in [1.807, 2.05) is 13.0 Å². The molecular formula is C18H15FN2OS. The monoisotopic (exact) mass is 326 g/mol. The zero-order chi connectivity index (χ0) is 16.6. The summed E-state index contributed by atoms with van der Waals surface area (Å²) < 4.78 is 14.1. The fourth-order valence-electron chi connectivity index (χ4n) is 2.67. The quantitative estimate of drug-likeness (QED) is 0.837. The third-order valence-electron chi connectivity index (χ3n) is 3.95. The minimum atomic E-state index is -0.321. The van der Waals surface area contributed by atoms with Crippen LogP contribution in [0.3, 0.4) is 0 Å². The molecule has 0 fully saturated rings. The Morgan fingerprint density at radius 3 is 2.83 bits per heavy atom. The molecule has 0 N–H and O–H groups in total. The predicted octanol–water partition coefficient (Wildman–Crippen LogP) is 4.03. The van der Waals surface area contributed by atoms with Gasteiger partial charge in [0.15, 0.2) is 0 Å². The Morgan fingerprint density at radius 2 is 2.13 bits per heavy atom. The predicted molar refractivity (Wildman–Crippen MR) is 88.8 cm³/mol. The average Bonchev–Trinajstić information content (AvgIpc) is 2.54. The van der Waals surface area contributed by atoms with Crippen LogP contribution in [0.1, 0.15) is 23.6 Å². The van der Waals surface area contributed by atoms with Crippen LogP contribution in [0.25, 0.3) is 0 Å². The molecule has 0 aliphatic carbocycles. The van der Waals surface area contributed by atoms with Gasteiger partial charge in [-0.15, -0.1) is 11.8 Å². The van der Waals surface area contributed by atoms with E-state index >= 15 is 0 Å². The lowest BCUT2D eigenvalue weighted by atomic mass is 10.0. The van der Waals surface area contributed by atoms with E-state index in [0.717, 1.165) is 11.1 Å². The van der Waals surface area contributed by atoms with Crippen molar-refractivity contribution < 1.29 is 9.18 Å². The Kier molecular flexibility index (Phi) is 4.10. The topological polar surface area (TPSA) is 44.1 Å². The van der Waals surface area contributed by atoms with Crippen LogP contribution in [-0.4, -0.2) is 11.2 Å². The van der Waals surface area contributed by atoms with Crippen molar-refractivity contribution in [2.75, 3.05) is 4.90 Å². The Bertz CT molecular complexity index is 828. The number of aryl methyl sites for hydroxylation is 1. The fourth-order valence-corrected chi connectivity index (χ4v) is 3.73. The molecule has 2 aromatic rings. The van der Waals surface area contributed by atoms with Crippen molar-refractivity contribution in [2.45, 2.75) is 30.5 Å². The zero-order valence-electron chi connectivity index (χ0n) is 12.8. The van der Waals surface area contributed by atoms with E-state index in [1.165, 1.54) is 17.8 Å². The number of carbonyl (C=O) groups excluding carboxylic acids is 1. The molecule has 1 amide bonds. The number of hydrogen-bond donors (Lipinski definition) is 0. The van der Waals surface area contributed by atoms with Gasteiger partial charge in [0.05, 0.1) is 34.0 Å². The standard InChI is InChI=1S/C18H15FN2OS/c1-11-8-13(9-20)6-7-14(11)10-21-16-5-3-4-15(19)17(16)23-12(2)18(21)22/h3-8,12H,10H2,1-2H3. The van der Waals surface area contributed by atoms with Crippen molar-refractivity contribution in [2.24, 2.45) is 0 Å². The first-order chi connectivity index (χ1) is 11.0. The van der Waals surface area contributed by atoms with Gasteiger partial charge in [-0.3, -0.25) is 4.79 Å². The number of rotatable bonds is 2. The molecule has 0 bridgehead atoms. The van der Waals surface area contributed by atoms with Crippen molar-refractivity contribution in [3.8, 4) is 6.07 Å². The first-order valence-electron chi connectivity index (χ1n) is 7.27. The Labute approximate surface area is 138 Å². The highest BCUT2D eigenvalue weighted by atomic mass is 32.2. The molecule has 0 aromatic heterocycles. The fraction of sp³-hybridized carbons (Fsp3) is 0.222. The smallest absolute Gasteiger partial charge is 0.240 e. The summed E-state index contributed by atoms with van der Waals surface area (Å²) in [5.74, 6) is -0.328. The number of nitrogens with zero attached hydrogens (tertiary/aromatic N) is 2. The van der Waals surface area contributed by atoms with Crippen LogP contribution < -0.4 is 4.90 Å². The van der Waals surface area contributed by atoms with Crippen LogP contribution in [0, 0.1) is 24.1 Å². The van der Waals surface area contributed by atoms with Crippen LogP contribution in [0.5, 0.6) is 0 Å². The number of nitriles is 1. The summed E-state index contributed by atoms with van der Waals surface area (Å²) in [4.78, 5) is 14.7. The molecule has 0 spiro atoms. The molecule has 0 radical (unpaired) electrons. The first kappa shape index (κ1) is 15.6. The summed E-state index contributed by atoms with van der Waals surface area (Å²) in [6, 6.07) is 12.3. The lowest BCUT2D eigenvalue weighted by molar-refractivity contribution is -0.118. The molecule has 23 heavy (non-hydrogen) atoms. The zero-order valence-corrected chi connectivity index (χ0v) is 13.7. The van der Waals surface area contributed by atoms with Gasteiger partial charge in [0, 0.05) is 0 Å².